The minimum Gasteiger partial charge on any atom is -0.136 e. The molecule has 0 saturated heterocycles. The summed E-state index contributed by atoms with van der Waals surface area (Å²) in [7, 11) is 0. The summed E-state index contributed by atoms with van der Waals surface area (Å²) in [6.45, 7) is 0. The van der Waals surface area contributed by atoms with Gasteiger partial charge in [-0.3, -0.25) is 0 Å². The lowest BCUT2D eigenvalue weighted by atomic mass is 10.00. The SMILES string of the molecule is C(=Cc1cc2ccccc2s1)c1ccc2cc3cc(C=Cc4cc5ccccc5s4)ccc3cc2c1. The second-order valence-electron chi connectivity index (χ2n) is 9.11. The highest BCUT2D eigenvalue weighted by Crippen LogP contribution is 2.30. The van der Waals surface area contributed by atoms with Gasteiger partial charge < -0.3 is 0 Å². The van der Waals surface area contributed by atoms with Gasteiger partial charge in [0.1, 0.15) is 0 Å². The summed E-state index contributed by atoms with van der Waals surface area (Å²) in [5.41, 5.74) is 2.45. The van der Waals surface area contributed by atoms with Gasteiger partial charge in [-0.05, 0) is 104 Å². The molecule has 0 spiro atoms. The van der Waals surface area contributed by atoms with Crippen molar-refractivity contribution < 1.29 is 0 Å². The van der Waals surface area contributed by atoms with Crippen LogP contribution in [0.25, 0.3) is 66.0 Å². The molecule has 0 unspecified atom stereocenters. The Hall–Kier alpha value is -3.98. The molecule has 0 fully saturated rings. The number of fused-ring (bicyclic) bond motifs is 4. The maximum atomic E-state index is 2.31. The van der Waals surface area contributed by atoms with Crippen molar-refractivity contribution >= 4 is 88.7 Å². The zero-order valence-corrected chi connectivity index (χ0v) is 21.2. The van der Waals surface area contributed by atoms with Crippen LogP contribution in [0.1, 0.15) is 20.9 Å². The number of rotatable bonds is 4. The van der Waals surface area contributed by atoms with Crippen LogP contribution in [0.2, 0.25) is 0 Å². The van der Waals surface area contributed by atoms with Gasteiger partial charge in [-0.2, -0.15) is 0 Å². The Morgan fingerprint density at radius 2 is 0.833 bits per heavy atom. The van der Waals surface area contributed by atoms with Gasteiger partial charge in [-0.25, -0.2) is 0 Å². The van der Waals surface area contributed by atoms with Crippen molar-refractivity contribution in [2.24, 2.45) is 0 Å². The standard InChI is InChI=1S/C34H22S2/c1-3-7-33-27(5-1)21-31(35-33)15-11-23-9-13-25-20-30-18-24(10-14-26(30)19-29(25)17-23)12-16-32-22-28-6-2-4-8-34(28)36-32/h1-22H. The fraction of sp³-hybridized carbons (Fsp3) is 0. The smallest absolute Gasteiger partial charge is 0.0349 e. The monoisotopic (exact) mass is 494 g/mol. The van der Waals surface area contributed by atoms with Gasteiger partial charge in [0.15, 0.2) is 0 Å². The summed E-state index contributed by atoms with van der Waals surface area (Å²) in [4.78, 5) is 2.57. The molecule has 36 heavy (non-hydrogen) atoms. The molecule has 7 rings (SSSR count). The average Bonchev–Trinajstić information content (AvgIpc) is 3.53. The van der Waals surface area contributed by atoms with E-state index in [9.17, 15) is 0 Å². The van der Waals surface area contributed by atoms with E-state index in [1.165, 1.54) is 62.6 Å². The third kappa shape index (κ3) is 4.15. The number of hydrogen-bond acceptors (Lipinski definition) is 2. The Labute approximate surface area is 218 Å². The minimum absolute atomic E-state index is 1.22. The van der Waals surface area contributed by atoms with E-state index in [4.69, 9.17) is 0 Å². The summed E-state index contributed by atoms with van der Waals surface area (Å²) in [6.07, 6.45) is 8.89. The summed E-state index contributed by atoms with van der Waals surface area (Å²) in [5.74, 6) is 0. The number of thiophene rings is 2. The van der Waals surface area contributed by atoms with Gasteiger partial charge in [0, 0.05) is 19.2 Å². The fourth-order valence-electron chi connectivity index (χ4n) is 4.77. The Morgan fingerprint density at radius 3 is 1.31 bits per heavy atom. The summed E-state index contributed by atoms with van der Waals surface area (Å²) in [5, 5.41) is 7.71. The molecule has 0 aliphatic heterocycles. The van der Waals surface area contributed by atoms with Gasteiger partial charge in [0.05, 0.1) is 0 Å². The van der Waals surface area contributed by atoms with Crippen LogP contribution in [0.3, 0.4) is 0 Å². The van der Waals surface area contributed by atoms with Crippen molar-refractivity contribution in [2.45, 2.75) is 0 Å². The van der Waals surface area contributed by atoms with E-state index in [1.807, 2.05) is 22.7 Å². The molecule has 2 heterocycles. The first kappa shape index (κ1) is 21.3. The molecule has 2 heteroatoms. The molecule has 0 aliphatic rings. The van der Waals surface area contributed by atoms with E-state index in [1.54, 1.807) is 0 Å². The van der Waals surface area contributed by atoms with Crippen LogP contribution in [0.4, 0.5) is 0 Å². The van der Waals surface area contributed by atoms with Gasteiger partial charge in [0.2, 0.25) is 0 Å². The van der Waals surface area contributed by atoms with Gasteiger partial charge in [-0.15, -0.1) is 22.7 Å². The van der Waals surface area contributed by atoms with Crippen LogP contribution in [-0.2, 0) is 0 Å². The molecule has 0 aliphatic carbocycles. The first-order valence-corrected chi connectivity index (χ1v) is 13.7. The topological polar surface area (TPSA) is 0 Å². The molecule has 0 saturated carbocycles. The van der Waals surface area contributed by atoms with Gasteiger partial charge in [0.25, 0.3) is 0 Å². The van der Waals surface area contributed by atoms with Crippen LogP contribution in [0, 0.1) is 0 Å². The lowest BCUT2D eigenvalue weighted by Crippen LogP contribution is -1.80. The van der Waals surface area contributed by atoms with Crippen LogP contribution in [-0.4, -0.2) is 0 Å². The van der Waals surface area contributed by atoms with E-state index in [0.717, 1.165) is 0 Å². The van der Waals surface area contributed by atoms with Crippen LogP contribution >= 0.6 is 22.7 Å². The fourth-order valence-corrected chi connectivity index (χ4v) is 6.70. The third-order valence-corrected chi connectivity index (χ3v) is 8.78. The van der Waals surface area contributed by atoms with E-state index in [-0.39, 0.29) is 0 Å². The first-order chi connectivity index (χ1) is 17.8. The molecule has 0 bridgehead atoms. The van der Waals surface area contributed by atoms with Crippen molar-refractivity contribution in [1.82, 2.24) is 0 Å². The van der Waals surface area contributed by atoms with Gasteiger partial charge >= 0.3 is 0 Å². The van der Waals surface area contributed by atoms with Crippen molar-refractivity contribution in [2.75, 3.05) is 0 Å². The highest BCUT2D eigenvalue weighted by molar-refractivity contribution is 7.20. The van der Waals surface area contributed by atoms with E-state index in [2.05, 4.69) is 133 Å². The minimum atomic E-state index is 1.22. The summed E-state index contributed by atoms with van der Waals surface area (Å²) >= 11 is 3.67. The van der Waals surface area contributed by atoms with Crippen molar-refractivity contribution in [3.63, 3.8) is 0 Å². The molecule has 0 atom stereocenters. The molecule has 5 aromatic carbocycles. The summed E-state index contributed by atoms with van der Waals surface area (Å²) < 4.78 is 2.67. The first-order valence-electron chi connectivity index (χ1n) is 12.1. The van der Waals surface area contributed by atoms with Crippen molar-refractivity contribution in [3.8, 4) is 0 Å². The Balaban J connectivity index is 1.17. The zero-order valence-electron chi connectivity index (χ0n) is 19.5. The molecule has 0 nitrogen and oxygen atoms in total. The molecule has 7 aromatic rings. The van der Waals surface area contributed by atoms with E-state index >= 15 is 0 Å². The second kappa shape index (κ2) is 8.91. The third-order valence-electron chi connectivity index (χ3n) is 6.61. The van der Waals surface area contributed by atoms with Crippen molar-refractivity contribution in [3.05, 3.63) is 130 Å². The highest BCUT2D eigenvalue weighted by atomic mass is 32.1. The van der Waals surface area contributed by atoms with Crippen LogP contribution < -0.4 is 0 Å². The molecule has 170 valence electrons. The van der Waals surface area contributed by atoms with Gasteiger partial charge in [-0.1, -0.05) is 72.8 Å². The van der Waals surface area contributed by atoms with Crippen LogP contribution in [0.5, 0.6) is 0 Å². The maximum absolute atomic E-state index is 2.31. The number of hydrogen-bond donors (Lipinski definition) is 0. The predicted octanol–water partition coefficient (Wildman–Crippen LogP) is 10.8. The normalized spacial score (nSPS) is 12.2. The molecule has 0 radical (unpaired) electrons. The Kier molecular flexibility index (Phi) is 5.27. The average molecular weight is 495 g/mol. The lowest BCUT2D eigenvalue weighted by molar-refractivity contribution is 1.71. The summed E-state index contributed by atoms with van der Waals surface area (Å²) in [6, 6.07) is 39.7. The Morgan fingerprint density at radius 1 is 0.361 bits per heavy atom. The Bertz CT molecular complexity index is 1740. The van der Waals surface area contributed by atoms with E-state index in [0.29, 0.717) is 0 Å². The molecule has 2 aromatic heterocycles. The van der Waals surface area contributed by atoms with E-state index < -0.39 is 0 Å². The quantitative estimate of drug-likeness (QED) is 0.213. The number of benzene rings is 5. The zero-order chi connectivity index (χ0) is 23.9. The van der Waals surface area contributed by atoms with Crippen molar-refractivity contribution in [1.29, 1.82) is 0 Å². The molecular weight excluding hydrogens is 473 g/mol. The second-order valence-corrected chi connectivity index (χ2v) is 11.3. The predicted molar refractivity (Wildman–Crippen MR) is 163 cm³/mol. The molecule has 0 amide bonds. The largest absolute Gasteiger partial charge is 0.136 e. The highest BCUT2D eigenvalue weighted by Gasteiger charge is 2.02. The molecule has 0 N–H and O–H groups in total. The molecular formula is C34H22S2. The van der Waals surface area contributed by atoms with Crippen LogP contribution in [0.15, 0.2) is 109 Å². The maximum Gasteiger partial charge on any atom is 0.0349 e. The lowest BCUT2D eigenvalue weighted by Gasteiger charge is -2.05.